The first-order chi connectivity index (χ1) is 22.0. The summed E-state index contributed by atoms with van der Waals surface area (Å²) in [6, 6.07) is 26.0. The van der Waals surface area contributed by atoms with E-state index >= 15 is 0 Å². The lowest BCUT2D eigenvalue weighted by molar-refractivity contribution is -0.432. The quantitative estimate of drug-likeness (QED) is 0.0352. The van der Waals surface area contributed by atoms with Gasteiger partial charge in [-0.3, -0.25) is 0 Å². The molecule has 0 aromatic heterocycles. The Kier molecular flexibility index (Phi) is 10.7. The zero-order chi connectivity index (χ0) is 31.6. The van der Waals surface area contributed by atoms with Crippen LogP contribution < -0.4 is 10.1 Å². The number of phenols is 2. The highest BCUT2D eigenvalue weighted by molar-refractivity contribution is 7.94. The Balaban J connectivity index is 1.44. The molecule has 0 saturated heterocycles. The normalized spacial score (nSPS) is 11.5. The van der Waals surface area contributed by atoms with Gasteiger partial charge in [0.25, 0.3) is 0 Å². The van der Waals surface area contributed by atoms with Crippen LogP contribution in [0, 0.1) is 0 Å². The molecule has 0 aliphatic carbocycles. The van der Waals surface area contributed by atoms with Crippen molar-refractivity contribution < 1.29 is 44.2 Å². The SMILES string of the molecule is COc1cc(N=Nc2c(SOOO)cc3cc(Nc4ccccc4)ccc3c2O)c(O)cc1N=Nc1cccc(SOOO)c1. The van der Waals surface area contributed by atoms with E-state index < -0.39 is 0 Å². The van der Waals surface area contributed by atoms with E-state index in [0.717, 1.165) is 23.4 Å². The van der Waals surface area contributed by atoms with Crippen LogP contribution in [0.1, 0.15) is 0 Å². The summed E-state index contributed by atoms with van der Waals surface area (Å²) in [6.07, 6.45) is 0. The topological polar surface area (TPSA) is 189 Å². The highest BCUT2D eigenvalue weighted by atomic mass is 32.2. The highest BCUT2D eigenvalue weighted by Gasteiger charge is 2.17. The largest absolute Gasteiger partial charge is 0.506 e. The van der Waals surface area contributed by atoms with Gasteiger partial charge in [-0.2, -0.15) is 5.11 Å². The Bertz CT molecular complexity index is 1850. The van der Waals surface area contributed by atoms with Gasteiger partial charge in [-0.15, -0.1) is 24.0 Å². The molecule has 5 N–H and O–H groups in total. The summed E-state index contributed by atoms with van der Waals surface area (Å²) in [4.78, 5) is 0.837. The molecule has 0 unspecified atom stereocenters. The number of aromatic hydroxyl groups is 2. The molecule has 0 aliphatic heterocycles. The number of methoxy groups -OCH3 is 1. The number of anilines is 2. The Labute approximate surface area is 263 Å². The summed E-state index contributed by atoms with van der Waals surface area (Å²) >= 11 is 1.36. The summed E-state index contributed by atoms with van der Waals surface area (Å²) in [5, 5.41) is 67.3. The monoisotopic (exact) mass is 649 g/mol. The van der Waals surface area contributed by atoms with Crippen molar-refractivity contribution in [2.24, 2.45) is 20.5 Å². The van der Waals surface area contributed by atoms with Gasteiger partial charge in [-0.25, -0.2) is 10.5 Å². The highest BCUT2D eigenvalue weighted by Crippen LogP contribution is 2.46. The van der Waals surface area contributed by atoms with Crippen LogP contribution in [-0.2, 0) is 18.7 Å². The maximum Gasteiger partial charge on any atom is 0.152 e. The number of rotatable bonds is 13. The summed E-state index contributed by atoms with van der Waals surface area (Å²) in [7, 11) is 1.41. The molecule has 0 bridgehead atoms. The zero-order valence-corrected chi connectivity index (χ0v) is 24.7. The van der Waals surface area contributed by atoms with Crippen LogP contribution >= 0.6 is 24.1 Å². The van der Waals surface area contributed by atoms with Crippen LogP contribution in [0.3, 0.4) is 0 Å². The number of nitrogens with one attached hydrogen (secondary N) is 1. The minimum absolute atomic E-state index is 0.00234. The molecule has 5 rings (SSSR count). The van der Waals surface area contributed by atoms with Crippen LogP contribution in [0.5, 0.6) is 17.2 Å². The number of nitrogens with zero attached hydrogens (tertiary/aromatic N) is 4. The fraction of sp³-hybridized carbons (Fsp3) is 0.0345. The first-order valence-electron chi connectivity index (χ1n) is 12.7. The standard InChI is InChI=1S/C29H23N5O9S2/c1-39-26-16-23(25(35)15-24(26)33-31-20-8-5-9-21(14-20)44-42-40-37)32-34-28-27(45-43-41-38)13-17-12-19(10-11-22(17)29(28)36)30-18-6-3-2-4-7-18/h2-16,30,35-38H,1H3. The van der Waals surface area contributed by atoms with Crippen molar-refractivity contribution in [3.63, 3.8) is 0 Å². The van der Waals surface area contributed by atoms with Crippen LogP contribution in [-0.4, -0.2) is 27.8 Å². The fourth-order valence-corrected chi connectivity index (χ4v) is 4.97. The number of azo groups is 2. The molecule has 14 nitrogen and oxygen atoms in total. The van der Waals surface area contributed by atoms with Gasteiger partial charge in [0.1, 0.15) is 28.6 Å². The molecule has 0 amide bonds. The Hall–Kier alpha value is -4.78. The number of benzene rings is 5. The fourth-order valence-electron chi connectivity index (χ4n) is 4.07. The molecule has 5 aromatic rings. The van der Waals surface area contributed by atoms with Crippen molar-refractivity contribution in [3.8, 4) is 17.2 Å². The molecular formula is C29H23N5O9S2. The first-order valence-corrected chi connectivity index (χ1v) is 14.2. The smallest absolute Gasteiger partial charge is 0.152 e. The molecule has 16 heteroatoms. The van der Waals surface area contributed by atoms with E-state index in [2.05, 4.69) is 44.5 Å². The zero-order valence-electron chi connectivity index (χ0n) is 23.1. The Morgan fingerprint density at radius 3 is 2.24 bits per heavy atom. The predicted octanol–water partition coefficient (Wildman–Crippen LogP) is 9.69. The average molecular weight is 650 g/mol. The number of ether oxygens (including phenoxy) is 1. The molecule has 5 aromatic carbocycles. The van der Waals surface area contributed by atoms with Gasteiger partial charge in [-0.05, 0) is 60.0 Å². The van der Waals surface area contributed by atoms with Crippen molar-refractivity contribution in [2.75, 3.05) is 12.4 Å². The van der Waals surface area contributed by atoms with Gasteiger partial charge in [0, 0.05) is 33.8 Å². The van der Waals surface area contributed by atoms with Gasteiger partial charge in [0.15, 0.2) is 5.75 Å². The third kappa shape index (κ3) is 8.04. The number of hydrogen-bond donors (Lipinski definition) is 5. The van der Waals surface area contributed by atoms with Gasteiger partial charge in [0.2, 0.25) is 0 Å². The first kappa shape index (κ1) is 31.6. The van der Waals surface area contributed by atoms with Gasteiger partial charge in [-0.1, -0.05) is 34.3 Å². The molecule has 0 heterocycles. The van der Waals surface area contributed by atoms with Gasteiger partial charge >= 0.3 is 0 Å². The van der Waals surface area contributed by atoms with Gasteiger partial charge in [0.05, 0.1) is 41.8 Å². The molecule has 0 radical (unpaired) electrons. The summed E-state index contributed by atoms with van der Waals surface area (Å²) in [6.45, 7) is 0. The average Bonchev–Trinajstić information content (AvgIpc) is 3.06. The summed E-state index contributed by atoms with van der Waals surface area (Å²) < 4.78 is 14.5. The van der Waals surface area contributed by atoms with E-state index in [1.54, 1.807) is 42.5 Å². The molecule has 0 fully saturated rings. The Morgan fingerprint density at radius 1 is 0.689 bits per heavy atom. The van der Waals surface area contributed by atoms with E-state index in [0.29, 0.717) is 33.4 Å². The van der Waals surface area contributed by atoms with Gasteiger partial charge < -0.3 is 20.3 Å². The lowest BCUT2D eigenvalue weighted by Gasteiger charge is -2.12. The second-order valence-electron chi connectivity index (χ2n) is 8.86. The van der Waals surface area contributed by atoms with Crippen molar-refractivity contribution in [1.29, 1.82) is 0 Å². The van der Waals surface area contributed by atoms with Crippen LogP contribution in [0.2, 0.25) is 0 Å². The molecule has 0 spiro atoms. The third-order valence-corrected chi connectivity index (χ3v) is 7.25. The molecule has 45 heavy (non-hydrogen) atoms. The second-order valence-corrected chi connectivity index (χ2v) is 10.4. The maximum absolute atomic E-state index is 11.2. The second kappa shape index (κ2) is 15.3. The van der Waals surface area contributed by atoms with Crippen molar-refractivity contribution in [2.45, 2.75) is 9.79 Å². The van der Waals surface area contributed by atoms with E-state index in [-0.39, 0.29) is 39.2 Å². The number of fused-ring (bicyclic) bond motifs is 1. The van der Waals surface area contributed by atoms with E-state index in [9.17, 15) is 10.2 Å². The van der Waals surface area contributed by atoms with Crippen LogP contribution in [0.4, 0.5) is 34.1 Å². The minimum atomic E-state index is -0.299. The summed E-state index contributed by atoms with van der Waals surface area (Å²) in [5.74, 6) is -0.298. The summed E-state index contributed by atoms with van der Waals surface area (Å²) in [5.41, 5.74) is 2.28. The van der Waals surface area contributed by atoms with Crippen molar-refractivity contribution >= 4 is 69.0 Å². The lowest BCUT2D eigenvalue weighted by Crippen LogP contribution is -1.90. The number of hydrogen-bond acceptors (Lipinski definition) is 16. The number of para-hydroxylation sites is 1. The molecule has 230 valence electrons. The minimum Gasteiger partial charge on any atom is -0.506 e. The third-order valence-electron chi connectivity index (χ3n) is 6.05. The lowest BCUT2D eigenvalue weighted by atomic mass is 10.1. The van der Waals surface area contributed by atoms with E-state index in [1.165, 1.54) is 19.2 Å². The molecule has 0 saturated carbocycles. The molecular weight excluding hydrogens is 626 g/mol. The maximum atomic E-state index is 11.2. The van der Waals surface area contributed by atoms with Crippen LogP contribution in [0.15, 0.2) is 121 Å². The molecule has 0 atom stereocenters. The molecule has 0 aliphatic rings. The predicted molar refractivity (Wildman–Crippen MR) is 166 cm³/mol. The van der Waals surface area contributed by atoms with Crippen LogP contribution in [0.25, 0.3) is 10.8 Å². The van der Waals surface area contributed by atoms with E-state index in [4.69, 9.17) is 15.3 Å². The number of phenolic OH excluding ortho intramolecular Hbond substituents is 2. The van der Waals surface area contributed by atoms with Crippen molar-refractivity contribution in [3.05, 3.63) is 91.0 Å². The Morgan fingerprint density at radius 2 is 1.47 bits per heavy atom. The van der Waals surface area contributed by atoms with E-state index in [1.807, 2.05) is 36.4 Å². The van der Waals surface area contributed by atoms with Crippen molar-refractivity contribution in [1.82, 2.24) is 0 Å².